The molecule has 1 aromatic carbocycles. The Morgan fingerprint density at radius 1 is 1.62 bits per heavy atom. The first-order chi connectivity index (χ1) is 6.20. The van der Waals surface area contributed by atoms with E-state index < -0.39 is 0 Å². The molecule has 4 nitrogen and oxygen atoms in total. The first-order valence-electron chi connectivity index (χ1n) is 4.05. The zero-order valence-corrected chi connectivity index (χ0v) is 7.19. The highest BCUT2D eigenvalue weighted by Crippen LogP contribution is 2.37. The van der Waals surface area contributed by atoms with Crippen molar-refractivity contribution in [3.8, 4) is 0 Å². The number of hydrogen-bond donors (Lipinski definition) is 0. The van der Waals surface area contributed by atoms with Crippen molar-refractivity contribution in [2.75, 3.05) is 6.61 Å². The molecule has 0 spiro atoms. The molecule has 68 valence electrons. The summed E-state index contributed by atoms with van der Waals surface area (Å²) in [5.41, 5.74) is 1.59. The maximum Gasteiger partial charge on any atom is 0.278 e. The fraction of sp³-hybridized carbons (Fsp3) is 0.333. The monoisotopic (exact) mass is 179 g/mol. The minimum Gasteiger partial charge on any atom is -0.368 e. The molecule has 1 unspecified atom stereocenters. The maximum absolute atomic E-state index is 10.7. The standard InChI is InChI=1S/C9H9NO3/c1-6-3-2-4-7(8-5-13-8)9(6)10(11)12/h2-4,8H,5H2,1H3. The largest absolute Gasteiger partial charge is 0.368 e. The zero-order valence-electron chi connectivity index (χ0n) is 7.19. The average molecular weight is 179 g/mol. The molecule has 1 fully saturated rings. The molecule has 2 rings (SSSR count). The van der Waals surface area contributed by atoms with Gasteiger partial charge >= 0.3 is 0 Å². The lowest BCUT2D eigenvalue weighted by molar-refractivity contribution is -0.386. The van der Waals surface area contributed by atoms with E-state index in [9.17, 15) is 10.1 Å². The summed E-state index contributed by atoms with van der Waals surface area (Å²) in [7, 11) is 0. The van der Waals surface area contributed by atoms with Crippen LogP contribution in [0.15, 0.2) is 18.2 Å². The van der Waals surface area contributed by atoms with Gasteiger partial charge in [-0.2, -0.15) is 0 Å². The lowest BCUT2D eigenvalue weighted by Crippen LogP contribution is -1.96. The van der Waals surface area contributed by atoms with E-state index in [1.54, 1.807) is 19.1 Å². The van der Waals surface area contributed by atoms with E-state index in [-0.39, 0.29) is 16.7 Å². The third-order valence-corrected chi connectivity index (χ3v) is 2.13. The van der Waals surface area contributed by atoms with Crippen LogP contribution in [-0.4, -0.2) is 11.5 Å². The molecule has 0 aliphatic carbocycles. The Balaban J connectivity index is 2.53. The molecular weight excluding hydrogens is 170 g/mol. The van der Waals surface area contributed by atoms with Crippen molar-refractivity contribution in [2.45, 2.75) is 13.0 Å². The van der Waals surface area contributed by atoms with Gasteiger partial charge in [0.25, 0.3) is 5.69 Å². The molecule has 13 heavy (non-hydrogen) atoms. The summed E-state index contributed by atoms with van der Waals surface area (Å²) >= 11 is 0. The number of nitro benzene ring substituents is 1. The fourth-order valence-electron chi connectivity index (χ4n) is 1.42. The summed E-state index contributed by atoms with van der Waals surface area (Å²) in [5, 5.41) is 10.7. The van der Waals surface area contributed by atoms with E-state index in [4.69, 9.17) is 4.74 Å². The fourth-order valence-corrected chi connectivity index (χ4v) is 1.42. The first-order valence-corrected chi connectivity index (χ1v) is 4.05. The Morgan fingerprint density at radius 2 is 2.31 bits per heavy atom. The van der Waals surface area contributed by atoms with Crippen LogP contribution < -0.4 is 0 Å². The van der Waals surface area contributed by atoms with Crippen molar-refractivity contribution >= 4 is 5.69 Å². The van der Waals surface area contributed by atoms with Gasteiger partial charge in [-0.25, -0.2) is 0 Å². The normalized spacial score (nSPS) is 19.9. The second kappa shape index (κ2) is 2.81. The number of ether oxygens (including phenoxy) is 1. The summed E-state index contributed by atoms with van der Waals surface area (Å²) in [6.45, 7) is 2.34. The van der Waals surface area contributed by atoms with Crippen LogP contribution >= 0.6 is 0 Å². The zero-order chi connectivity index (χ0) is 9.42. The van der Waals surface area contributed by atoms with Gasteiger partial charge in [0.05, 0.1) is 17.1 Å². The number of para-hydroxylation sites is 1. The van der Waals surface area contributed by atoms with Crippen molar-refractivity contribution in [2.24, 2.45) is 0 Å². The van der Waals surface area contributed by atoms with Crippen molar-refractivity contribution in [1.29, 1.82) is 0 Å². The quantitative estimate of drug-likeness (QED) is 0.396. The predicted octanol–water partition coefficient (Wildman–Crippen LogP) is 1.97. The molecule has 0 amide bonds. The summed E-state index contributed by atoms with van der Waals surface area (Å²) in [5.74, 6) is 0. The van der Waals surface area contributed by atoms with E-state index in [0.717, 1.165) is 0 Å². The van der Waals surface area contributed by atoms with Crippen molar-refractivity contribution in [1.82, 2.24) is 0 Å². The van der Waals surface area contributed by atoms with Crippen LogP contribution in [0.1, 0.15) is 17.2 Å². The van der Waals surface area contributed by atoms with Gasteiger partial charge in [-0.1, -0.05) is 12.1 Å². The van der Waals surface area contributed by atoms with E-state index in [1.165, 1.54) is 0 Å². The predicted molar refractivity (Wildman–Crippen MR) is 46.5 cm³/mol. The minimum atomic E-state index is -0.341. The van der Waals surface area contributed by atoms with Crippen LogP contribution in [0.3, 0.4) is 0 Å². The number of nitrogens with zero attached hydrogens (tertiary/aromatic N) is 1. The van der Waals surface area contributed by atoms with Gasteiger partial charge in [-0.3, -0.25) is 10.1 Å². The second-order valence-electron chi connectivity index (χ2n) is 3.09. The van der Waals surface area contributed by atoms with Crippen LogP contribution in [-0.2, 0) is 4.74 Å². The van der Waals surface area contributed by atoms with Crippen LogP contribution in [0.4, 0.5) is 5.69 Å². The average Bonchev–Trinajstić information content (AvgIpc) is 2.85. The molecule has 0 bridgehead atoms. The lowest BCUT2D eigenvalue weighted by atomic mass is 10.1. The molecule has 0 aromatic heterocycles. The third kappa shape index (κ3) is 1.40. The van der Waals surface area contributed by atoms with Crippen LogP contribution in [0, 0.1) is 17.0 Å². The molecule has 1 aliphatic rings. The Labute approximate surface area is 75.3 Å². The summed E-state index contributed by atoms with van der Waals surface area (Å²) in [4.78, 5) is 10.4. The highest BCUT2D eigenvalue weighted by atomic mass is 16.6. The van der Waals surface area contributed by atoms with Gasteiger partial charge in [0.2, 0.25) is 0 Å². The van der Waals surface area contributed by atoms with Gasteiger partial charge in [0.1, 0.15) is 6.10 Å². The number of epoxide rings is 1. The molecule has 1 aliphatic heterocycles. The molecule has 4 heteroatoms. The van der Waals surface area contributed by atoms with Crippen molar-refractivity contribution < 1.29 is 9.66 Å². The van der Waals surface area contributed by atoms with Gasteiger partial charge < -0.3 is 4.74 Å². The minimum absolute atomic E-state index is 0.0553. The molecule has 0 saturated carbocycles. The topological polar surface area (TPSA) is 55.7 Å². The number of benzene rings is 1. The highest BCUT2D eigenvalue weighted by Gasteiger charge is 2.32. The Hall–Kier alpha value is -1.42. The number of nitro groups is 1. The number of aryl methyl sites for hydroxylation is 1. The molecule has 0 N–H and O–H groups in total. The smallest absolute Gasteiger partial charge is 0.278 e. The maximum atomic E-state index is 10.7. The molecule has 0 radical (unpaired) electrons. The second-order valence-corrected chi connectivity index (χ2v) is 3.09. The summed E-state index contributed by atoms with van der Waals surface area (Å²) in [6, 6.07) is 5.31. The van der Waals surface area contributed by atoms with Crippen molar-refractivity contribution in [3.63, 3.8) is 0 Å². The van der Waals surface area contributed by atoms with E-state index in [0.29, 0.717) is 17.7 Å². The Morgan fingerprint density at radius 3 is 2.85 bits per heavy atom. The van der Waals surface area contributed by atoms with E-state index in [1.807, 2.05) is 6.07 Å². The molecule has 1 heterocycles. The number of hydrogen-bond acceptors (Lipinski definition) is 3. The van der Waals surface area contributed by atoms with Gasteiger partial charge in [-0.15, -0.1) is 0 Å². The third-order valence-electron chi connectivity index (χ3n) is 2.13. The molecule has 1 saturated heterocycles. The lowest BCUT2D eigenvalue weighted by Gasteiger charge is -2.01. The van der Waals surface area contributed by atoms with Crippen LogP contribution in [0.5, 0.6) is 0 Å². The Kier molecular flexibility index (Phi) is 1.77. The first kappa shape index (κ1) is 8.19. The van der Waals surface area contributed by atoms with Crippen LogP contribution in [0.25, 0.3) is 0 Å². The van der Waals surface area contributed by atoms with E-state index in [2.05, 4.69) is 0 Å². The summed E-state index contributed by atoms with van der Waals surface area (Å²) in [6.07, 6.45) is -0.0553. The molecule has 1 atom stereocenters. The molecular formula is C9H9NO3. The van der Waals surface area contributed by atoms with Crippen LogP contribution in [0.2, 0.25) is 0 Å². The Bertz CT molecular complexity index is 358. The number of rotatable bonds is 2. The molecule has 1 aromatic rings. The van der Waals surface area contributed by atoms with Gasteiger partial charge in [0, 0.05) is 5.56 Å². The highest BCUT2D eigenvalue weighted by molar-refractivity contribution is 5.49. The van der Waals surface area contributed by atoms with Gasteiger partial charge in [0.15, 0.2) is 0 Å². The van der Waals surface area contributed by atoms with Crippen molar-refractivity contribution in [3.05, 3.63) is 39.4 Å². The summed E-state index contributed by atoms with van der Waals surface area (Å²) < 4.78 is 5.04. The SMILES string of the molecule is Cc1cccc(C2CO2)c1[N+](=O)[O-]. The van der Waals surface area contributed by atoms with Gasteiger partial charge in [-0.05, 0) is 13.0 Å². The van der Waals surface area contributed by atoms with E-state index >= 15 is 0 Å².